The summed E-state index contributed by atoms with van der Waals surface area (Å²) in [6, 6.07) is 0. The van der Waals surface area contributed by atoms with Crippen molar-refractivity contribution in [2.45, 2.75) is 76.6 Å². The molecule has 0 aromatic rings. The molecule has 0 saturated heterocycles. The lowest BCUT2D eigenvalue weighted by Gasteiger charge is -2.08. The molecule has 0 fully saturated rings. The van der Waals surface area contributed by atoms with Crippen molar-refractivity contribution in [3.05, 3.63) is 0 Å². The molecular formula is C18H24F6O8. The van der Waals surface area contributed by atoms with E-state index in [1.165, 1.54) is 0 Å². The van der Waals surface area contributed by atoms with Gasteiger partial charge in [-0.05, 0) is 12.8 Å². The first kappa shape index (κ1) is 29.5. The molecule has 0 atom stereocenters. The summed E-state index contributed by atoms with van der Waals surface area (Å²) in [5.74, 6) is -6.43. The van der Waals surface area contributed by atoms with Gasteiger partial charge in [-0.15, -0.1) is 0 Å². The number of unbranched alkanes of at least 4 members (excludes halogenated alkanes) is 7. The molecule has 0 radical (unpaired) electrons. The molecule has 0 aliphatic rings. The van der Waals surface area contributed by atoms with Gasteiger partial charge in [0.25, 0.3) is 0 Å². The number of alkyl halides is 6. The largest absolute Gasteiger partial charge is 0.491 e. The molecule has 186 valence electrons. The quantitative estimate of drug-likeness (QED) is 0.149. The van der Waals surface area contributed by atoms with E-state index in [-0.39, 0.29) is 12.8 Å². The molecule has 0 bridgehead atoms. The maximum absolute atomic E-state index is 11.8. The maximum Gasteiger partial charge on any atom is 0.491 e. The average Bonchev–Trinajstić information content (AvgIpc) is 2.67. The van der Waals surface area contributed by atoms with Crippen LogP contribution >= 0.6 is 0 Å². The Hall–Kier alpha value is -2.54. The molecule has 0 spiro atoms. The van der Waals surface area contributed by atoms with Crippen molar-refractivity contribution in [2.75, 3.05) is 13.6 Å². The van der Waals surface area contributed by atoms with Crippen molar-refractivity contribution in [3.8, 4) is 0 Å². The Bertz CT molecular complexity index is 551. The van der Waals surface area contributed by atoms with Crippen LogP contribution in [0.5, 0.6) is 0 Å². The fraction of sp³-hybridized carbons (Fsp3) is 0.778. The number of esters is 4. The van der Waals surface area contributed by atoms with Gasteiger partial charge in [-0.3, -0.25) is 9.59 Å². The molecule has 0 saturated carbocycles. The topological polar surface area (TPSA) is 105 Å². The van der Waals surface area contributed by atoms with Crippen molar-refractivity contribution in [2.24, 2.45) is 0 Å². The molecule has 0 aromatic heterocycles. The van der Waals surface area contributed by atoms with E-state index in [1.807, 2.05) is 0 Å². The molecule has 0 aromatic carbocycles. The first-order chi connectivity index (χ1) is 14.8. The van der Waals surface area contributed by atoms with Gasteiger partial charge in [0.2, 0.25) is 13.6 Å². The van der Waals surface area contributed by atoms with E-state index >= 15 is 0 Å². The van der Waals surface area contributed by atoms with E-state index in [0.717, 1.165) is 25.7 Å². The molecule has 0 amide bonds. The minimum Gasteiger partial charge on any atom is -0.428 e. The molecular weight excluding hydrogens is 458 g/mol. The van der Waals surface area contributed by atoms with Crippen LogP contribution in [0.1, 0.15) is 64.2 Å². The van der Waals surface area contributed by atoms with E-state index in [9.17, 15) is 45.5 Å². The summed E-state index contributed by atoms with van der Waals surface area (Å²) in [4.78, 5) is 43.3. The third-order valence-corrected chi connectivity index (χ3v) is 3.79. The van der Waals surface area contributed by atoms with Crippen LogP contribution in [0.25, 0.3) is 0 Å². The SMILES string of the molecule is O=C(CCCCCCCCCCC(=O)OCOC(=O)C(F)(F)F)OCOC(=O)C(F)(F)F. The zero-order chi connectivity index (χ0) is 24.6. The van der Waals surface area contributed by atoms with E-state index in [1.54, 1.807) is 0 Å². The normalized spacial score (nSPS) is 11.6. The minimum absolute atomic E-state index is 0.0238. The van der Waals surface area contributed by atoms with E-state index < -0.39 is 49.8 Å². The predicted octanol–water partition coefficient (Wildman–Crippen LogP) is 4.10. The second-order valence-corrected chi connectivity index (χ2v) is 6.46. The summed E-state index contributed by atoms with van der Waals surface area (Å²) in [6.45, 7) is -2.19. The highest BCUT2D eigenvalue weighted by atomic mass is 19.4. The molecule has 0 aliphatic heterocycles. The highest BCUT2D eigenvalue weighted by molar-refractivity contribution is 5.76. The Morgan fingerprint density at radius 1 is 0.469 bits per heavy atom. The van der Waals surface area contributed by atoms with Crippen LogP contribution in [0.4, 0.5) is 26.3 Å². The number of carbonyl (C=O) groups excluding carboxylic acids is 4. The van der Waals surface area contributed by atoms with Crippen LogP contribution in [-0.2, 0) is 38.1 Å². The van der Waals surface area contributed by atoms with Crippen LogP contribution in [0.2, 0.25) is 0 Å². The smallest absolute Gasteiger partial charge is 0.428 e. The summed E-state index contributed by atoms with van der Waals surface area (Å²) in [6.07, 6.45) is -4.79. The van der Waals surface area contributed by atoms with Crippen LogP contribution in [-0.4, -0.2) is 49.8 Å². The first-order valence-electron chi connectivity index (χ1n) is 9.63. The lowest BCUT2D eigenvalue weighted by atomic mass is 10.1. The monoisotopic (exact) mass is 482 g/mol. The van der Waals surface area contributed by atoms with Gasteiger partial charge < -0.3 is 18.9 Å². The zero-order valence-electron chi connectivity index (χ0n) is 17.0. The van der Waals surface area contributed by atoms with Crippen molar-refractivity contribution < 1.29 is 64.5 Å². The number of rotatable bonds is 15. The maximum atomic E-state index is 11.8. The minimum atomic E-state index is -5.15. The van der Waals surface area contributed by atoms with Crippen LogP contribution < -0.4 is 0 Å². The highest BCUT2D eigenvalue weighted by Gasteiger charge is 2.41. The lowest BCUT2D eigenvalue weighted by molar-refractivity contribution is -0.210. The van der Waals surface area contributed by atoms with Gasteiger partial charge in [0, 0.05) is 12.8 Å². The molecule has 0 aliphatic carbocycles. The molecule has 32 heavy (non-hydrogen) atoms. The van der Waals surface area contributed by atoms with E-state index in [2.05, 4.69) is 18.9 Å². The summed E-state index contributed by atoms with van der Waals surface area (Å²) in [5, 5.41) is 0. The predicted molar refractivity (Wildman–Crippen MR) is 92.4 cm³/mol. The van der Waals surface area contributed by atoms with Gasteiger partial charge in [0.1, 0.15) is 0 Å². The van der Waals surface area contributed by atoms with Crippen LogP contribution in [0, 0.1) is 0 Å². The Labute approximate surface area is 179 Å². The van der Waals surface area contributed by atoms with Crippen molar-refractivity contribution in [1.82, 2.24) is 0 Å². The first-order valence-corrected chi connectivity index (χ1v) is 9.63. The summed E-state index contributed by atoms with van der Waals surface area (Å²) < 4.78 is 87.3. The zero-order valence-corrected chi connectivity index (χ0v) is 17.0. The van der Waals surface area contributed by atoms with Crippen LogP contribution in [0.15, 0.2) is 0 Å². The van der Waals surface area contributed by atoms with Gasteiger partial charge in [0.05, 0.1) is 0 Å². The molecule has 8 nitrogen and oxygen atoms in total. The Balaban J connectivity index is 3.48. The molecule has 0 heterocycles. The van der Waals surface area contributed by atoms with Gasteiger partial charge in [-0.25, -0.2) is 9.59 Å². The Kier molecular flexibility index (Phi) is 14.1. The van der Waals surface area contributed by atoms with Crippen molar-refractivity contribution in [1.29, 1.82) is 0 Å². The third-order valence-electron chi connectivity index (χ3n) is 3.79. The number of ether oxygens (including phenoxy) is 4. The highest BCUT2D eigenvalue weighted by Crippen LogP contribution is 2.17. The van der Waals surface area contributed by atoms with Gasteiger partial charge in [0.15, 0.2) is 0 Å². The summed E-state index contributed by atoms with van der Waals surface area (Å²) in [7, 11) is 0. The number of hydrogen-bond donors (Lipinski definition) is 0. The Morgan fingerprint density at radius 2 is 0.750 bits per heavy atom. The second-order valence-electron chi connectivity index (χ2n) is 6.46. The molecule has 0 N–H and O–H groups in total. The van der Waals surface area contributed by atoms with Gasteiger partial charge in [-0.2, -0.15) is 26.3 Å². The number of carbonyl (C=O) groups is 4. The fourth-order valence-corrected chi connectivity index (χ4v) is 2.20. The average molecular weight is 482 g/mol. The Morgan fingerprint density at radius 3 is 1.03 bits per heavy atom. The fourth-order valence-electron chi connectivity index (χ4n) is 2.20. The number of halogens is 6. The van der Waals surface area contributed by atoms with Crippen molar-refractivity contribution >= 4 is 23.9 Å². The molecule has 0 unspecified atom stereocenters. The van der Waals surface area contributed by atoms with Crippen molar-refractivity contribution in [3.63, 3.8) is 0 Å². The second kappa shape index (κ2) is 15.3. The molecule has 0 rings (SSSR count). The van der Waals surface area contributed by atoms with Gasteiger partial charge in [-0.1, -0.05) is 38.5 Å². The van der Waals surface area contributed by atoms with E-state index in [0.29, 0.717) is 25.7 Å². The van der Waals surface area contributed by atoms with Crippen LogP contribution in [0.3, 0.4) is 0 Å². The van der Waals surface area contributed by atoms with E-state index in [4.69, 9.17) is 0 Å². The third kappa shape index (κ3) is 16.2. The number of hydrogen-bond acceptors (Lipinski definition) is 8. The molecule has 14 heteroatoms. The summed E-state index contributed by atoms with van der Waals surface area (Å²) in [5.41, 5.74) is 0. The lowest BCUT2D eigenvalue weighted by Crippen LogP contribution is -2.26. The van der Waals surface area contributed by atoms with Gasteiger partial charge >= 0.3 is 36.2 Å². The summed E-state index contributed by atoms with van der Waals surface area (Å²) >= 11 is 0. The standard InChI is InChI=1S/C18H24F6O8/c19-17(20,21)15(27)31-11-29-13(25)9-7-5-3-1-2-4-6-8-10-14(26)30-12-32-16(28)18(22,23)24/h1-12H2.